The first-order valence-corrected chi connectivity index (χ1v) is 11.7. The number of ether oxygens (including phenoxy) is 1. The summed E-state index contributed by atoms with van der Waals surface area (Å²) >= 11 is 7.56. The van der Waals surface area contributed by atoms with Crippen LogP contribution in [-0.2, 0) is 20.7 Å². The molecule has 32 heavy (non-hydrogen) atoms. The van der Waals surface area contributed by atoms with E-state index >= 15 is 0 Å². The van der Waals surface area contributed by atoms with Gasteiger partial charge in [-0.15, -0.1) is 11.3 Å². The third-order valence-electron chi connectivity index (χ3n) is 5.50. The van der Waals surface area contributed by atoms with Crippen molar-refractivity contribution >= 4 is 50.8 Å². The predicted molar refractivity (Wildman–Crippen MR) is 125 cm³/mol. The number of benzene rings is 2. The smallest absolute Gasteiger partial charge is 0.326 e. The molecule has 0 aliphatic heterocycles. The zero-order chi connectivity index (χ0) is 22.7. The number of nitrogens with one attached hydrogen (secondary N) is 2. The fourth-order valence-corrected chi connectivity index (χ4v) is 5.31. The fraction of sp³-hybridized carbons (Fsp3) is 0.292. The monoisotopic (exact) mass is 470 g/mol. The molecule has 0 unspecified atom stereocenters. The molecule has 1 aliphatic carbocycles. The normalized spacial score (nSPS) is 16.1. The lowest BCUT2D eigenvalue weighted by molar-refractivity contribution is -0.154. The summed E-state index contributed by atoms with van der Waals surface area (Å²) in [5.41, 5.74) is 2.34. The highest BCUT2D eigenvalue weighted by molar-refractivity contribution is 7.21. The fourth-order valence-electron chi connectivity index (χ4n) is 3.88. The summed E-state index contributed by atoms with van der Waals surface area (Å²) in [7, 11) is 0. The number of rotatable bonds is 6. The Morgan fingerprint density at radius 3 is 2.72 bits per heavy atom. The van der Waals surface area contributed by atoms with Crippen LogP contribution in [0.1, 0.15) is 46.6 Å². The number of halogens is 1. The summed E-state index contributed by atoms with van der Waals surface area (Å²) < 4.78 is 6.11. The van der Waals surface area contributed by atoms with Crippen LogP contribution in [0, 0.1) is 0 Å². The number of carbonyl (C=O) groups is 3. The van der Waals surface area contributed by atoms with E-state index in [0.29, 0.717) is 9.90 Å². The molecule has 4 rings (SSSR count). The van der Waals surface area contributed by atoms with Gasteiger partial charge in [0, 0.05) is 10.1 Å². The van der Waals surface area contributed by atoms with E-state index in [1.165, 1.54) is 23.8 Å². The maximum Gasteiger partial charge on any atom is 0.326 e. The van der Waals surface area contributed by atoms with E-state index in [2.05, 4.69) is 16.7 Å². The van der Waals surface area contributed by atoms with Crippen LogP contribution in [0.5, 0.6) is 0 Å². The Hall–Kier alpha value is -2.90. The standard InChI is InChI=1S/C24H23ClN2O4S/c1-14(23(29)27-18-11-6-8-15-7-2-3-9-16(15)18)31-20(28)13-26-24(30)22-21(25)17-10-4-5-12-19(17)32-22/h2-5,7,9-10,12,14,18H,6,8,11,13H2,1H3,(H,26,30)(H,27,29)/t14-,18+/m0/s1. The molecular formula is C24H23ClN2O4S. The second-order valence-corrected chi connectivity index (χ2v) is 9.14. The van der Waals surface area contributed by atoms with Crippen molar-refractivity contribution in [2.75, 3.05) is 6.54 Å². The molecule has 1 aliphatic rings. The van der Waals surface area contributed by atoms with Gasteiger partial charge in [-0.3, -0.25) is 14.4 Å². The number of fused-ring (bicyclic) bond motifs is 2. The van der Waals surface area contributed by atoms with Crippen LogP contribution in [0.15, 0.2) is 48.5 Å². The zero-order valence-corrected chi connectivity index (χ0v) is 19.1. The average Bonchev–Trinajstić information content (AvgIpc) is 3.14. The number of amides is 2. The van der Waals surface area contributed by atoms with E-state index in [4.69, 9.17) is 16.3 Å². The molecule has 2 atom stereocenters. The van der Waals surface area contributed by atoms with Gasteiger partial charge >= 0.3 is 5.97 Å². The number of hydrogen-bond acceptors (Lipinski definition) is 5. The second kappa shape index (κ2) is 9.71. The minimum Gasteiger partial charge on any atom is -0.451 e. The van der Waals surface area contributed by atoms with Crippen molar-refractivity contribution in [1.29, 1.82) is 0 Å². The summed E-state index contributed by atoms with van der Waals surface area (Å²) in [6.45, 7) is 1.17. The van der Waals surface area contributed by atoms with Gasteiger partial charge in [0.25, 0.3) is 11.8 Å². The molecule has 166 valence electrons. The third-order valence-corrected chi connectivity index (χ3v) is 7.17. The van der Waals surface area contributed by atoms with Crippen molar-refractivity contribution in [3.05, 3.63) is 69.6 Å². The number of carbonyl (C=O) groups excluding carboxylic acids is 3. The molecule has 0 bridgehead atoms. The molecule has 0 radical (unpaired) electrons. The first-order chi connectivity index (χ1) is 15.4. The first kappa shape index (κ1) is 22.3. The Morgan fingerprint density at radius 2 is 1.91 bits per heavy atom. The predicted octanol–water partition coefficient (Wildman–Crippen LogP) is 4.41. The van der Waals surface area contributed by atoms with Crippen molar-refractivity contribution in [1.82, 2.24) is 10.6 Å². The largest absolute Gasteiger partial charge is 0.451 e. The van der Waals surface area contributed by atoms with Crippen LogP contribution < -0.4 is 10.6 Å². The maximum atomic E-state index is 12.6. The van der Waals surface area contributed by atoms with Gasteiger partial charge in [0.05, 0.1) is 11.1 Å². The van der Waals surface area contributed by atoms with Crippen molar-refractivity contribution in [3.8, 4) is 0 Å². The van der Waals surface area contributed by atoms with Crippen LogP contribution in [0.25, 0.3) is 10.1 Å². The van der Waals surface area contributed by atoms with Crippen LogP contribution in [0.3, 0.4) is 0 Å². The SMILES string of the molecule is C[C@H](OC(=O)CNC(=O)c1sc2ccccc2c1Cl)C(=O)N[C@@H]1CCCc2ccccc21. The quantitative estimate of drug-likeness (QED) is 0.522. The lowest BCUT2D eigenvalue weighted by atomic mass is 9.87. The van der Waals surface area contributed by atoms with E-state index in [1.54, 1.807) is 0 Å². The molecule has 8 heteroatoms. The molecule has 6 nitrogen and oxygen atoms in total. The van der Waals surface area contributed by atoms with E-state index < -0.39 is 18.0 Å². The van der Waals surface area contributed by atoms with Crippen LogP contribution >= 0.6 is 22.9 Å². The third kappa shape index (κ3) is 4.79. The average molecular weight is 471 g/mol. The highest BCUT2D eigenvalue weighted by Crippen LogP contribution is 2.35. The molecule has 1 aromatic heterocycles. The van der Waals surface area contributed by atoms with Crippen molar-refractivity contribution in [3.63, 3.8) is 0 Å². The van der Waals surface area contributed by atoms with Crippen LogP contribution in [-0.4, -0.2) is 30.4 Å². The van der Waals surface area contributed by atoms with Gasteiger partial charge in [0.2, 0.25) is 0 Å². The molecule has 2 aromatic carbocycles. The molecule has 0 spiro atoms. The first-order valence-electron chi connectivity index (χ1n) is 10.5. The highest BCUT2D eigenvalue weighted by atomic mass is 35.5. The van der Waals surface area contributed by atoms with Gasteiger partial charge in [-0.25, -0.2) is 0 Å². The summed E-state index contributed by atoms with van der Waals surface area (Å²) in [4.78, 5) is 37.6. The summed E-state index contributed by atoms with van der Waals surface area (Å²) in [6.07, 6.45) is 1.86. The summed E-state index contributed by atoms with van der Waals surface area (Å²) in [5, 5.41) is 6.65. The Labute approximate surface area is 194 Å². The lowest BCUT2D eigenvalue weighted by Gasteiger charge is -2.27. The van der Waals surface area contributed by atoms with E-state index in [9.17, 15) is 14.4 Å². The van der Waals surface area contributed by atoms with Crippen molar-refractivity contribution in [2.24, 2.45) is 0 Å². The topological polar surface area (TPSA) is 84.5 Å². The highest BCUT2D eigenvalue weighted by Gasteiger charge is 2.25. The van der Waals surface area contributed by atoms with Gasteiger partial charge < -0.3 is 15.4 Å². The van der Waals surface area contributed by atoms with E-state index in [-0.39, 0.29) is 18.5 Å². The Bertz CT molecular complexity index is 1180. The molecule has 2 amide bonds. The van der Waals surface area contributed by atoms with E-state index in [0.717, 1.165) is 34.9 Å². The molecule has 2 N–H and O–H groups in total. The Kier molecular flexibility index (Phi) is 6.77. The Morgan fingerprint density at radius 1 is 1.16 bits per heavy atom. The minimum atomic E-state index is -0.971. The molecule has 0 saturated carbocycles. The minimum absolute atomic E-state index is 0.0941. The van der Waals surface area contributed by atoms with Gasteiger partial charge in [0.1, 0.15) is 11.4 Å². The van der Waals surface area contributed by atoms with Gasteiger partial charge in [-0.05, 0) is 43.4 Å². The maximum absolute atomic E-state index is 12.6. The summed E-state index contributed by atoms with van der Waals surface area (Å²) in [6, 6.07) is 15.4. The number of hydrogen-bond donors (Lipinski definition) is 2. The number of aryl methyl sites for hydroxylation is 1. The molecule has 0 saturated heterocycles. The van der Waals surface area contributed by atoms with Crippen LogP contribution in [0.2, 0.25) is 5.02 Å². The number of esters is 1. The summed E-state index contributed by atoms with van der Waals surface area (Å²) in [5.74, 6) is -1.51. The van der Waals surface area contributed by atoms with E-state index in [1.807, 2.05) is 42.5 Å². The lowest BCUT2D eigenvalue weighted by Crippen LogP contribution is -2.40. The number of thiophene rings is 1. The molecule has 1 heterocycles. The molecule has 3 aromatic rings. The van der Waals surface area contributed by atoms with Crippen molar-refractivity contribution < 1.29 is 19.1 Å². The Balaban J connectivity index is 1.29. The van der Waals surface area contributed by atoms with Crippen LogP contribution in [0.4, 0.5) is 0 Å². The van der Waals surface area contributed by atoms with Gasteiger partial charge in [0.15, 0.2) is 6.10 Å². The molecular weight excluding hydrogens is 448 g/mol. The van der Waals surface area contributed by atoms with Crippen molar-refractivity contribution in [2.45, 2.75) is 38.3 Å². The molecule has 0 fully saturated rings. The van der Waals surface area contributed by atoms with Gasteiger partial charge in [-0.1, -0.05) is 54.1 Å². The zero-order valence-electron chi connectivity index (χ0n) is 17.5. The van der Waals surface area contributed by atoms with Gasteiger partial charge in [-0.2, -0.15) is 0 Å². The second-order valence-electron chi connectivity index (χ2n) is 7.71.